The van der Waals surface area contributed by atoms with Gasteiger partial charge in [0.05, 0.1) is 0 Å². The van der Waals surface area contributed by atoms with Gasteiger partial charge >= 0.3 is 0 Å². The first-order valence-corrected chi connectivity index (χ1v) is 8.63. The van der Waals surface area contributed by atoms with Gasteiger partial charge in [0.2, 0.25) is 0 Å². The second-order valence-electron chi connectivity index (χ2n) is 6.78. The number of nitrogens with zero attached hydrogens (tertiary/aromatic N) is 1. The van der Waals surface area contributed by atoms with Crippen LogP contribution in [0.5, 0.6) is 0 Å². The second kappa shape index (κ2) is 7.84. The number of anilines is 1. The Hall–Kier alpha value is -1.02. The fourth-order valence-corrected chi connectivity index (χ4v) is 3.71. The van der Waals surface area contributed by atoms with Crippen molar-refractivity contribution in [1.29, 1.82) is 0 Å². The lowest BCUT2D eigenvalue weighted by Gasteiger charge is -2.36. The van der Waals surface area contributed by atoms with Crippen molar-refractivity contribution in [2.45, 2.75) is 58.9 Å². The Morgan fingerprint density at radius 1 is 1.19 bits per heavy atom. The van der Waals surface area contributed by atoms with Crippen LogP contribution in [0.3, 0.4) is 0 Å². The maximum Gasteiger partial charge on any atom is 0.0393 e. The molecule has 118 valence electrons. The van der Waals surface area contributed by atoms with Crippen molar-refractivity contribution in [2.75, 3.05) is 25.0 Å². The van der Waals surface area contributed by atoms with E-state index < -0.39 is 0 Å². The van der Waals surface area contributed by atoms with Crippen LogP contribution in [0.1, 0.15) is 50.2 Å². The molecule has 0 heterocycles. The fraction of sp³-hybridized carbons (Fsp3) is 0.684. The van der Waals surface area contributed by atoms with Gasteiger partial charge in [0.25, 0.3) is 0 Å². The monoisotopic (exact) mass is 288 g/mol. The molecule has 0 bridgehead atoms. The van der Waals surface area contributed by atoms with E-state index in [1.54, 1.807) is 0 Å². The summed E-state index contributed by atoms with van der Waals surface area (Å²) in [5.74, 6) is 0.788. The Labute approximate surface area is 130 Å². The summed E-state index contributed by atoms with van der Waals surface area (Å²) in [4.78, 5) is 2.46. The lowest BCUT2D eigenvalue weighted by atomic mass is 9.84. The molecule has 0 aliphatic heterocycles. The maximum absolute atomic E-state index is 3.78. The molecule has 1 aliphatic rings. The van der Waals surface area contributed by atoms with E-state index in [1.165, 1.54) is 55.5 Å². The third-order valence-corrected chi connectivity index (χ3v) is 4.84. The summed E-state index contributed by atoms with van der Waals surface area (Å²) >= 11 is 0. The van der Waals surface area contributed by atoms with E-state index in [0.717, 1.165) is 12.5 Å². The van der Waals surface area contributed by atoms with Gasteiger partial charge in [-0.3, -0.25) is 0 Å². The van der Waals surface area contributed by atoms with Gasteiger partial charge in [-0.15, -0.1) is 0 Å². The Morgan fingerprint density at radius 3 is 2.67 bits per heavy atom. The molecule has 2 heteroatoms. The molecule has 0 radical (unpaired) electrons. The zero-order valence-electron chi connectivity index (χ0n) is 14.3. The quantitative estimate of drug-likeness (QED) is 0.839. The lowest BCUT2D eigenvalue weighted by molar-refractivity contribution is 0.266. The van der Waals surface area contributed by atoms with Gasteiger partial charge in [-0.2, -0.15) is 0 Å². The molecule has 0 spiro atoms. The topological polar surface area (TPSA) is 15.3 Å². The molecule has 1 aromatic carbocycles. The van der Waals surface area contributed by atoms with E-state index in [9.17, 15) is 0 Å². The molecule has 0 amide bonds. The molecular weight excluding hydrogens is 256 g/mol. The van der Waals surface area contributed by atoms with Crippen molar-refractivity contribution < 1.29 is 0 Å². The SMILES string of the molecule is CCCNC1CCCCC1CN(C)c1ccc(C)cc1C. The molecule has 2 atom stereocenters. The van der Waals surface area contributed by atoms with Gasteiger partial charge < -0.3 is 10.2 Å². The van der Waals surface area contributed by atoms with Crippen LogP contribution in [0.25, 0.3) is 0 Å². The zero-order valence-corrected chi connectivity index (χ0v) is 14.3. The van der Waals surface area contributed by atoms with Crippen LogP contribution in [0.2, 0.25) is 0 Å². The molecule has 1 N–H and O–H groups in total. The minimum absolute atomic E-state index is 0.715. The lowest BCUT2D eigenvalue weighted by Crippen LogP contribution is -2.43. The third kappa shape index (κ3) is 4.47. The first kappa shape index (κ1) is 16.4. The molecule has 1 saturated carbocycles. The largest absolute Gasteiger partial charge is 0.374 e. The van der Waals surface area contributed by atoms with Crippen molar-refractivity contribution in [1.82, 2.24) is 5.32 Å². The van der Waals surface area contributed by atoms with Crippen molar-refractivity contribution in [3.63, 3.8) is 0 Å². The van der Waals surface area contributed by atoms with Crippen LogP contribution in [-0.2, 0) is 0 Å². The van der Waals surface area contributed by atoms with E-state index in [-0.39, 0.29) is 0 Å². The molecule has 2 rings (SSSR count). The average Bonchev–Trinajstić information content (AvgIpc) is 2.46. The van der Waals surface area contributed by atoms with Gasteiger partial charge in [0.1, 0.15) is 0 Å². The summed E-state index contributed by atoms with van der Waals surface area (Å²) in [6.45, 7) is 8.99. The first-order valence-electron chi connectivity index (χ1n) is 8.63. The highest BCUT2D eigenvalue weighted by atomic mass is 15.1. The van der Waals surface area contributed by atoms with Gasteiger partial charge in [-0.1, -0.05) is 37.5 Å². The molecule has 21 heavy (non-hydrogen) atoms. The molecule has 2 nitrogen and oxygen atoms in total. The van der Waals surface area contributed by atoms with Crippen LogP contribution in [0, 0.1) is 19.8 Å². The first-order chi connectivity index (χ1) is 10.1. The van der Waals surface area contributed by atoms with E-state index >= 15 is 0 Å². The van der Waals surface area contributed by atoms with E-state index in [1.807, 2.05) is 0 Å². The van der Waals surface area contributed by atoms with Gasteiger partial charge in [-0.25, -0.2) is 0 Å². The second-order valence-corrected chi connectivity index (χ2v) is 6.78. The number of hydrogen-bond acceptors (Lipinski definition) is 2. The summed E-state index contributed by atoms with van der Waals surface area (Å²) in [6.07, 6.45) is 6.75. The molecule has 0 aromatic heterocycles. The smallest absolute Gasteiger partial charge is 0.0393 e. The van der Waals surface area contributed by atoms with Gasteiger partial charge in [0, 0.05) is 25.3 Å². The molecule has 2 unspecified atom stereocenters. The Kier molecular flexibility index (Phi) is 6.10. The summed E-state index contributed by atoms with van der Waals surface area (Å²) in [6, 6.07) is 7.51. The molecule has 1 aromatic rings. The van der Waals surface area contributed by atoms with E-state index in [0.29, 0.717) is 6.04 Å². The summed E-state index contributed by atoms with van der Waals surface area (Å²) < 4.78 is 0. The van der Waals surface area contributed by atoms with Gasteiger partial charge in [0.15, 0.2) is 0 Å². The number of benzene rings is 1. The Morgan fingerprint density at radius 2 is 1.95 bits per heavy atom. The standard InChI is InChI=1S/C19H32N2/c1-5-12-20-18-9-7-6-8-17(18)14-21(4)19-11-10-15(2)13-16(19)3/h10-11,13,17-18,20H,5-9,12,14H2,1-4H3. The van der Waals surface area contributed by atoms with Crippen LogP contribution >= 0.6 is 0 Å². The Balaban J connectivity index is 2.00. The number of nitrogens with one attached hydrogen (secondary N) is 1. The van der Waals surface area contributed by atoms with E-state index in [2.05, 4.69) is 56.2 Å². The predicted octanol–water partition coefficient (Wildman–Crippen LogP) is 4.30. The van der Waals surface area contributed by atoms with Crippen LogP contribution in [-0.4, -0.2) is 26.2 Å². The Bertz CT molecular complexity index is 441. The van der Waals surface area contributed by atoms with Crippen molar-refractivity contribution in [2.24, 2.45) is 5.92 Å². The molecule has 1 aliphatic carbocycles. The van der Waals surface area contributed by atoms with Gasteiger partial charge in [-0.05, 0) is 57.2 Å². The van der Waals surface area contributed by atoms with Crippen LogP contribution in [0.4, 0.5) is 5.69 Å². The fourth-order valence-electron chi connectivity index (χ4n) is 3.71. The highest BCUT2D eigenvalue weighted by Crippen LogP contribution is 2.28. The highest BCUT2D eigenvalue weighted by Gasteiger charge is 2.25. The van der Waals surface area contributed by atoms with Crippen molar-refractivity contribution in [3.8, 4) is 0 Å². The minimum Gasteiger partial charge on any atom is -0.374 e. The molecular formula is C19H32N2. The number of hydrogen-bond donors (Lipinski definition) is 1. The summed E-state index contributed by atoms with van der Waals surface area (Å²) in [7, 11) is 2.25. The number of aryl methyl sites for hydroxylation is 2. The summed E-state index contributed by atoms with van der Waals surface area (Å²) in [5, 5.41) is 3.78. The average molecular weight is 288 g/mol. The normalized spacial score (nSPS) is 22.3. The van der Waals surface area contributed by atoms with Crippen molar-refractivity contribution >= 4 is 5.69 Å². The highest BCUT2D eigenvalue weighted by molar-refractivity contribution is 5.53. The predicted molar refractivity (Wildman–Crippen MR) is 93.2 cm³/mol. The minimum atomic E-state index is 0.715. The maximum atomic E-state index is 3.78. The number of rotatable bonds is 6. The van der Waals surface area contributed by atoms with Crippen LogP contribution in [0.15, 0.2) is 18.2 Å². The molecule has 0 saturated heterocycles. The summed E-state index contributed by atoms with van der Waals surface area (Å²) in [5.41, 5.74) is 4.14. The third-order valence-electron chi connectivity index (χ3n) is 4.84. The molecule has 1 fully saturated rings. The van der Waals surface area contributed by atoms with Crippen molar-refractivity contribution in [3.05, 3.63) is 29.3 Å². The van der Waals surface area contributed by atoms with Crippen LogP contribution < -0.4 is 10.2 Å². The zero-order chi connectivity index (χ0) is 15.2. The van der Waals surface area contributed by atoms with E-state index in [4.69, 9.17) is 0 Å².